The molecule has 14 heavy (non-hydrogen) atoms. The number of hydrogen-bond donors (Lipinski definition) is 0. The maximum absolute atomic E-state index is 10.8. The van der Waals surface area contributed by atoms with E-state index in [9.17, 15) is 4.79 Å². The summed E-state index contributed by atoms with van der Waals surface area (Å²) in [5.41, 5.74) is 0. The van der Waals surface area contributed by atoms with E-state index in [4.69, 9.17) is 9.47 Å². The summed E-state index contributed by atoms with van der Waals surface area (Å²) in [6, 6.07) is 0. The Kier molecular flexibility index (Phi) is 9.68. The molecule has 0 amide bonds. The third-order valence-electron chi connectivity index (χ3n) is 1.30. The van der Waals surface area contributed by atoms with Gasteiger partial charge in [0, 0.05) is 13.2 Å². The van der Waals surface area contributed by atoms with Crippen molar-refractivity contribution in [1.82, 2.24) is 0 Å². The second-order valence-corrected chi connectivity index (χ2v) is 2.34. The highest BCUT2D eigenvalue weighted by Crippen LogP contribution is 1.86. The van der Waals surface area contributed by atoms with Crippen LogP contribution in [0.15, 0.2) is 0 Å². The Labute approximate surface area is 84.3 Å². The van der Waals surface area contributed by atoms with Crippen molar-refractivity contribution in [2.24, 2.45) is 0 Å². The van der Waals surface area contributed by atoms with E-state index in [-0.39, 0.29) is 13.2 Å². The van der Waals surface area contributed by atoms with E-state index in [1.165, 1.54) is 0 Å². The predicted octanol–water partition coefficient (Wildman–Crippen LogP) is 1.21. The van der Waals surface area contributed by atoms with Crippen molar-refractivity contribution in [3.8, 4) is 0 Å². The molecule has 0 saturated carbocycles. The van der Waals surface area contributed by atoms with Crippen molar-refractivity contribution in [2.75, 3.05) is 39.6 Å². The fourth-order valence-electron chi connectivity index (χ4n) is 0.698. The zero-order valence-electron chi connectivity index (χ0n) is 8.78. The van der Waals surface area contributed by atoms with Gasteiger partial charge < -0.3 is 18.9 Å². The summed E-state index contributed by atoms with van der Waals surface area (Å²) in [5, 5.41) is 0. The molecule has 0 aliphatic carbocycles. The van der Waals surface area contributed by atoms with Crippen LogP contribution < -0.4 is 0 Å². The molecule has 0 N–H and O–H groups in total. The van der Waals surface area contributed by atoms with E-state index in [0.29, 0.717) is 26.4 Å². The van der Waals surface area contributed by atoms with Crippen LogP contribution in [0.25, 0.3) is 0 Å². The zero-order chi connectivity index (χ0) is 10.6. The average molecular weight is 206 g/mol. The predicted molar refractivity (Wildman–Crippen MR) is 50.3 cm³/mol. The lowest BCUT2D eigenvalue weighted by Crippen LogP contribution is -2.14. The van der Waals surface area contributed by atoms with Crippen LogP contribution >= 0.6 is 0 Å². The highest BCUT2D eigenvalue weighted by Gasteiger charge is 2.02. The Hall–Kier alpha value is -0.810. The molecule has 0 aromatic carbocycles. The van der Waals surface area contributed by atoms with Gasteiger partial charge in [0.2, 0.25) is 0 Å². The van der Waals surface area contributed by atoms with Crippen molar-refractivity contribution >= 4 is 6.16 Å². The van der Waals surface area contributed by atoms with E-state index in [2.05, 4.69) is 9.47 Å². The van der Waals surface area contributed by atoms with E-state index in [1.54, 1.807) is 0 Å². The number of rotatable bonds is 8. The molecule has 0 aromatic heterocycles. The summed E-state index contributed by atoms with van der Waals surface area (Å²) in [7, 11) is 0. The summed E-state index contributed by atoms with van der Waals surface area (Å²) in [6.45, 7) is 6.23. The Morgan fingerprint density at radius 1 is 0.857 bits per heavy atom. The minimum atomic E-state index is -0.676. The van der Waals surface area contributed by atoms with Crippen molar-refractivity contribution < 1.29 is 23.7 Å². The first-order chi connectivity index (χ1) is 6.81. The highest BCUT2D eigenvalue weighted by molar-refractivity contribution is 5.59. The molecule has 0 unspecified atom stereocenters. The van der Waals surface area contributed by atoms with E-state index in [1.807, 2.05) is 13.8 Å². The van der Waals surface area contributed by atoms with Gasteiger partial charge in [0.05, 0.1) is 13.2 Å². The third-order valence-corrected chi connectivity index (χ3v) is 1.30. The van der Waals surface area contributed by atoms with Crippen LogP contribution in [0.3, 0.4) is 0 Å². The molecular formula is C9H18O5. The lowest BCUT2D eigenvalue weighted by Gasteiger charge is -2.05. The lowest BCUT2D eigenvalue weighted by atomic mass is 10.7. The summed E-state index contributed by atoms with van der Waals surface area (Å²) < 4.78 is 19.3. The standard InChI is InChI=1S/C9H18O5/c1-3-11-5-7-13-9(10)14-8-6-12-4-2/h3-8H2,1-2H3. The van der Waals surface area contributed by atoms with Crippen LogP contribution in [-0.2, 0) is 18.9 Å². The maximum atomic E-state index is 10.8. The Morgan fingerprint density at radius 3 is 1.64 bits per heavy atom. The molecule has 84 valence electrons. The van der Waals surface area contributed by atoms with Crippen molar-refractivity contribution in [1.29, 1.82) is 0 Å². The minimum Gasteiger partial charge on any atom is -0.432 e. The van der Waals surface area contributed by atoms with Gasteiger partial charge in [-0.25, -0.2) is 4.79 Å². The van der Waals surface area contributed by atoms with Gasteiger partial charge in [-0.2, -0.15) is 0 Å². The van der Waals surface area contributed by atoms with Crippen molar-refractivity contribution in [2.45, 2.75) is 13.8 Å². The third kappa shape index (κ3) is 9.28. The van der Waals surface area contributed by atoms with Crippen LogP contribution in [0.1, 0.15) is 13.8 Å². The Bertz CT molecular complexity index is 123. The number of carbonyl (C=O) groups is 1. The molecule has 5 nitrogen and oxygen atoms in total. The summed E-state index contributed by atoms with van der Waals surface area (Å²) >= 11 is 0. The molecular weight excluding hydrogens is 188 g/mol. The van der Waals surface area contributed by atoms with E-state index in [0.717, 1.165) is 0 Å². The molecule has 0 bridgehead atoms. The monoisotopic (exact) mass is 206 g/mol. The van der Waals surface area contributed by atoms with Gasteiger partial charge >= 0.3 is 6.16 Å². The van der Waals surface area contributed by atoms with Crippen LogP contribution in [0, 0.1) is 0 Å². The van der Waals surface area contributed by atoms with Gasteiger partial charge in [-0.3, -0.25) is 0 Å². The number of carbonyl (C=O) groups excluding carboxylic acids is 1. The topological polar surface area (TPSA) is 54.0 Å². The number of ether oxygens (including phenoxy) is 4. The lowest BCUT2D eigenvalue weighted by molar-refractivity contribution is 0.0136. The number of hydrogen-bond acceptors (Lipinski definition) is 5. The van der Waals surface area contributed by atoms with E-state index < -0.39 is 6.16 Å². The van der Waals surface area contributed by atoms with Crippen molar-refractivity contribution in [3.63, 3.8) is 0 Å². The summed E-state index contributed by atoms with van der Waals surface area (Å²) in [6.07, 6.45) is -0.676. The molecule has 0 aliphatic rings. The molecule has 0 heterocycles. The van der Waals surface area contributed by atoms with Crippen LogP contribution in [0.2, 0.25) is 0 Å². The fourth-order valence-corrected chi connectivity index (χ4v) is 0.698. The second-order valence-electron chi connectivity index (χ2n) is 2.34. The van der Waals surface area contributed by atoms with Gasteiger partial charge in [0.1, 0.15) is 13.2 Å². The van der Waals surface area contributed by atoms with Crippen LogP contribution in [0.4, 0.5) is 4.79 Å². The van der Waals surface area contributed by atoms with Crippen LogP contribution in [-0.4, -0.2) is 45.8 Å². The first kappa shape index (κ1) is 13.2. The normalized spacial score (nSPS) is 9.86. The van der Waals surface area contributed by atoms with Gasteiger partial charge in [0.25, 0.3) is 0 Å². The quantitative estimate of drug-likeness (QED) is 0.441. The van der Waals surface area contributed by atoms with Gasteiger partial charge in [-0.15, -0.1) is 0 Å². The summed E-state index contributed by atoms with van der Waals surface area (Å²) in [5.74, 6) is 0. The van der Waals surface area contributed by atoms with Gasteiger partial charge in [0.15, 0.2) is 0 Å². The Morgan fingerprint density at radius 2 is 1.29 bits per heavy atom. The fraction of sp³-hybridized carbons (Fsp3) is 0.889. The largest absolute Gasteiger partial charge is 0.508 e. The smallest absolute Gasteiger partial charge is 0.432 e. The molecule has 0 spiro atoms. The SMILES string of the molecule is CCOCCOC(=O)OCCOCC. The maximum Gasteiger partial charge on any atom is 0.508 e. The molecule has 0 aliphatic heterocycles. The summed E-state index contributed by atoms with van der Waals surface area (Å²) in [4.78, 5) is 10.8. The van der Waals surface area contributed by atoms with Gasteiger partial charge in [-0.1, -0.05) is 0 Å². The average Bonchev–Trinajstić information content (AvgIpc) is 2.19. The zero-order valence-corrected chi connectivity index (χ0v) is 8.78. The van der Waals surface area contributed by atoms with Gasteiger partial charge in [-0.05, 0) is 13.8 Å². The first-order valence-electron chi connectivity index (χ1n) is 4.76. The molecule has 0 radical (unpaired) electrons. The minimum absolute atomic E-state index is 0.224. The molecule has 0 atom stereocenters. The van der Waals surface area contributed by atoms with Crippen molar-refractivity contribution in [3.05, 3.63) is 0 Å². The molecule has 0 rings (SSSR count). The molecule has 0 saturated heterocycles. The molecule has 5 heteroatoms. The highest BCUT2D eigenvalue weighted by atomic mass is 16.7. The molecule has 0 fully saturated rings. The molecule has 0 aromatic rings. The second kappa shape index (κ2) is 10.3. The van der Waals surface area contributed by atoms with Crippen LogP contribution in [0.5, 0.6) is 0 Å². The first-order valence-corrected chi connectivity index (χ1v) is 4.76. The Balaban J connectivity index is 3.11. The van der Waals surface area contributed by atoms with E-state index >= 15 is 0 Å².